The summed E-state index contributed by atoms with van der Waals surface area (Å²) in [5.74, 6) is 0.324. The minimum absolute atomic E-state index is 0.117. The summed E-state index contributed by atoms with van der Waals surface area (Å²) in [5, 5.41) is 3.21. The van der Waals surface area contributed by atoms with Crippen LogP contribution < -0.4 is 11.1 Å². The molecule has 1 unspecified atom stereocenters. The zero-order chi connectivity index (χ0) is 13.4. The normalized spacial score (nSPS) is 25.8. The van der Waals surface area contributed by atoms with Crippen LogP contribution >= 0.6 is 12.2 Å². The van der Waals surface area contributed by atoms with Crippen LogP contribution in [0.25, 0.3) is 0 Å². The van der Waals surface area contributed by atoms with Gasteiger partial charge in [-0.1, -0.05) is 12.2 Å². The Morgan fingerprint density at radius 3 is 2.89 bits per heavy atom. The third-order valence-electron chi connectivity index (χ3n) is 3.03. The predicted molar refractivity (Wildman–Crippen MR) is 75.4 cm³/mol. The molecule has 7 heteroatoms. The first-order valence-corrected chi connectivity index (χ1v) is 7.77. The lowest BCUT2D eigenvalue weighted by Crippen LogP contribution is -2.36. The zero-order valence-corrected chi connectivity index (χ0v) is 11.6. The number of pyridine rings is 1. The molecule has 2 rings (SSSR count). The van der Waals surface area contributed by atoms with Crippen molar-refractivity contribution < 1.29 is 8.42 Å². The van der Waals surface area contributed by atoms with Crippen LogP contribution in [-0.2, 0) is 9.84 Å². The molecule has 1 aliphatic rings. The monoisotopic (exact) mass is 285 g/mol. The molecule has 0 amide bonds. The number of rotatable bonds is 3. The van der Waals surface area contributed by atoms with Gasteiger partial charge in [0.2, 0.25) is 0 Å². The molecule has 2 heterocycles. The molecule has 1 fully saturated rings. The molecule has 5 nitrogen and oxygen atoms in total. The number of nitrogens with one attached hydrogen (secondary N) is 1. The molecule has 18 heavy (non-hydrogen) atoms. The van der Waals surface area contributed by atoms with Crippen LogP contribution in [0.4, 0.5) is 5.69 Å². The van der Waals surface area contributed by atoms with Gasteiger partial charge in [-0.2, -0.15) is 0 Å². The number of aromatic nitrogens is 1. The number of hydrogen-bond donors (Lipinski definition) is 2. The van der Waals surface area contributed by atoms with Crippen molar-refractivity contribution in [2.75, 3.05) is 16.8 Å². The molecule has 3 N–H and O–H groups in total. The van der Waals surface area contributed by atoms with Crippen LogP contribution in [0.15, 0.2) is 18.5 Å². The summed E-state index contributed by atoms with van der Waals surface area (Å²) >= 11 is 4.96. The first-order chi connectivity index (χ1) is 8.31. The molecule has 1 saturated heterocycles. The maximum Gasteiger partial charge on any atom is 0.152 e. The molecule has 0 saturated carbocycles. The molecule has 0 bridgehead atoms. The quantitative estimate of drug-likeness (QED) is 0.795. The Hall–Kier alpha value is -1.21. The lowest BCUT2D eigenvalue weighted by atomic mass is 10.0. The average molecular weight is 285 g/mol. The van der Waals surface area contributed by atoms with Gasteiger partial charge in [-0.15, -0.1) is 0 Å². The van der Waals surface area contributed by atoms with Crippen molar-refractivity contribution >= 4 is 32.7 Å². The van der Waals surface area contributed by atoms with Crippen LogP contribution in [-0.4, -0.2) is 35.4 Å². The number of nitrogens with two attached hydrogens (primary N) is 1. The van der Waals surface area contributed by atoms with Crippen LogP contribution in [0, 0.1) is 0 Å². The fourth-order valence-corrected chi connectivity index (χ4v) is 4.41. The third kappa shape index (κ3) is 2.78. The molecule has 0 aliphatic carbocycles. The maximum absolute atomic E-state index is 11.5. The Kier molecular flexibility index (Phi) is 3.29. The molecule has 1 aromatic rings. The van der Waals surface area contributed by atoms with E-state index < -0.39 is 15.4 Å². The van der Waals surface area contributed by atoms with E-state index in [1.807, 2.05) is 6.92 Å². The van der Waals surface area contributed by atoms with Gasteiger partial charge < -0.3 is 11.1 Å². The second kappa shape index (κ2) is 4.47. The standard InChI is InChI=1S/C11H15N3O2S2/c1-11(3-5-18(15,16)7-11)14-9-6-13-4-2-8(9)10(12)17/h2,4,6,14H,3,5,7H2,1H3,(H2,12,17). The largest absolute Gasteiger partial charge is 0.389 e. The number of thiocarbonyl (C=S) groups is 1. The van der Waals surface area contributed by atoms with Crippen molar-refractivity contribution in [2.45, 2.75) is 18.9 Å². The van der Waals surface area contributed by atoms with Gasteiger partial charge in [-0.25, -0.2) is 8.42 Å². The van der Waals surface area contributed by atoms with Gasteiger partial charge in [0, 0.05) is 17.3 Å². The van der Waals surface area contributed by atoms with E-state index in [1.54, 1.807) is 18.5 Å². The molecule has 1 aromatic heterocycles. The lowest BCUT2D eigenvalue weighted by molar-refractivity contribution is 0.574. The summed E-state index contributed by atoms with van der Waals surface area (Å²) in [6.07, 6.45) is 3.79. The Bertz CT molecular complexity index is 586. The molecule has 0 radical (unpaired) electrons. The number of sulfone groups is 1. The maximum atomic E-state index is 11.5. The molecular formula is C11H15N3O2S2. The molecule has 1 atom stereocenters. The Morgan fingerprint density at radius 2 is 2.33 bits per heavy atom. The summed E-state index contributed by atoms with van der Waals surface area (Å²) in [7, 11) is -2.95. The third-order valence-corrected chi connectivity index (χ3v) is 5.15. The van der Waals surface area contributed by atoms with Crippen molar-refractivity contribution in [3.8, 4) is 0 Å². The SMILES string of the molecule is CC1(Nc2cnccc2C(N)=S)CCS(=O)(=O)C1. The summed E-state index contributed by atoms with van der Waals surface area (Å²) in [6.45, 7) is 1.88. The van der Waals surface area contributed by atoms with Crippen LogP contribution in [0.5, 0.6) is 0 Å². The second-order valence-corrected chi connectivity index (χ2v) is 7.44. The number of anilines is 1. The van der Waals surface area contributed by atoms with Gasteiger partial charge in [-0.3, -0.25) is 4.98 Å². The van der Waals surface area contributed by atoms with E-state index in [0.29, 0.717) is 17.7 Å². The van der Waals surface area contributed by atoms with Gasteiger partial charge in [0.05, 0.1) is 23.4 Å². The Morgan fingerprint density at radius 1 is 1.61 bits per heavy atom. The van der Waals surface area contributed by atoms with Gasteiger partial charge in [-0.05, 0) is 19.4 Å². The van der Waals surface area contributed by atoms with Gasteiger partial charge in [0.15, 0.2) is 9.84 Å². The van der Waals surface area contributed by atoms with Crippen molar-refractivity contribution in [3.05, 3.63) is 24.0 Å². The fraction of sp³-hybridized carbons (Fsp3) is 0.455. The average Bonchev–Trinajstić information content (AvgIpc) is 2.53. The number of hydrogen-bond acceptors (Lipinski definition) is 5. The first kappa shape index (κ1) is 13.2. The Balaban J connectivity index is 2.28. The smallest absolute Gasteiger partial charge is 0.152 e. The zero-order valence-electron chi connectivity index (χ0n) is 10.0. The van der Waals surface area contributed by atoms with E-state index in [1.165, 1.54) is 0 Å². The second-order valence-electron chi connectivity index (χ2n) is 4.81. The van der Waals surface area contributed by atoms with Gasteiger partial charge >= 0.3 is 0 Å². The highest BCUT2D eigenvalue weighted by Crippen LogP contribution is 2.28. The van der Waals surface area contributed by atoms with Crippen LogP contribution in [0.1, 0.15) is 18.9 Å². The summed E-state index contributed by atoms with van der Waals surface area (Å²) < 4.78 is 23.1. The van der Waals surface area contributed by atoms with Gasteiger partial charge in [0.25, 0.3) is 0 Å². The Labute approximate surface area is 112 Å². The summed E-state index contributed by atoms with van der Waals surface area (Å²) in [5.41, 5.74) is 6.52. The highest BCUT2D eigenvalue weighted by Gasteiger charge is 2.38. The topological polar surface area (TPSA) is 85.1 Å². The molecular weight excluding hydrogens is 270 g/mol. The van der Waals surface area contributed by atoms with E-state index in [-0.39, 0.29) is 16.5 Å². The molecule has 98 valence electrons. The lowest BCUT2D eigenvalue weighted by Gasteiger charge is -2.26. The van der Waals surface area contributed by atoms with E-state index in [0.717, 1.165) is 0 Å². The van der Waals surface area contributed by atoms with E-state index in [2.05, 4.69) is 10.3 Å². The molecule has 0 aromatic carbocycles. The molecule has 1 aliphatic heterocycles. The highest BCUT2D eigenvalue weighted by molar-refractivity contribution is 7.91. The predicted octanol–water partition coefficient (Wildman–Crippen LogP) is 0.705. The van der Waals surface area contributed by atoms with E-state index in [4.69, 9.17) is 18.0 Å². The van der Waals surface area contributed by atoms with E-state index in [9.17, 15) is 8.42 Å². The minimum atomic E-state index is -2.95. The molecule has 0 spiro atoms. The fourth-order valence-electron chi connectivity index (χ4n) is 2.14. The number of nitrogens with zero attached hydrogens (tertiary/aromatic N) is 1. The van der Waals surface area contributed by atoms with Crippen LogP contribution in [0.3, 0.4) is 0 Å². The van der Waals surface area contributed by atoms with Crippen molar-refractivity contribution in [1.82, 2.24) is 4.98 Å². The van der Waals surface area contributed by atoms with Crippen molar-refractivity contribution in [3.63, 3.8) is 0 Å². The van der Waals surface area contributed by atoms with Crippen molar-refractivity contribution in [2.24, 2.45) is 5.73 Å². The van der Waals surface area contributed by atoms with E-state index >= 15 is 0 Å². The minimum Gasteiger partial charge on any atom is -0.389 e. The summed E-state index contributed by atoms with van der Waals surface area (Å²) in [4.78, 5) is 4.28. The van der Waals surface area contributed by atoms with Crippen LogP contribution in [0.2, 0.25) is 0 Å². The summed E-state index contributed by atoms with van der Waals surface area (Å²) in [6, 6.07) is 1.72. The van der Waals surface area contributed by atoms with Gasteiger partial charge in [0.1, 0.15) is 4.99 Å². The van der Waals surface area contributed by atoms with Crippen molar-refractivity contribution in [1.29, 1.82) is 0 Å². The highest BCUT2D eigenvalue weighted by atomic mass is 32.2. The first-order valence-electron chi connectivity index (χ1n) is 5.54.